The van der Waals surface area contributed by atoms with Crippen LogP contribution in [0.5, 0.6) is 0 Å². The quantitative estimate of drug-likeness (QED) is 0.760. The second kappa shape index (κ2) is 5.22. The number of carbonyl (C=O) groups excluding carboxylic acids is 1. The van der Waals surface area contributed by atoms with Crippen molar-refractivity contribution in [3.63, 3.8) is 0 Å². The van der Waals surface area contributed by atoms with Gasteiger partial charge < -0.3 is 11.1 Å². The molecule has 0 fully saturated rings. The van der Waals surface area contributed by atoms with Gasteiger partial charge in [0.15, 0.2) is 0 Å². The van der Waals surface area contributed by atoms with Gasteiger partial charge in [-0.2, -0.15) is 5.10 Å². The van der Waals surface area contributed by atoms with Crippen LogP contribution in [0.15, 0.2) is 35.1 Å². The molecule has 1 amide bonds. The molecule has 2 aromatic rings. The number of aromatic nitrogens is 2. The van der Waals surface area contributed by atoms with Gasteiger partial charge in [0.05, 0.1) is 22.3 Å². The predicted octanol–water partition coefficient (Wildman–Crippen LogP) is 2.25. The summed E-state index contributed by atoms with van der Waals surface area (Å²) in [4.78, 5) is 12.1. The molecule has 94 valence electrons. The van der Waals surface area contributed by atoms with Crippen LogP contribution >= 0.6 is 15.9 Å². The van der Waals surface area contributed by atoms with Crippen molar-refractivity contribution < 1.29 is 4.79 Å². The number of nitrogens with zero attached hydrogens (tertiary/aromatic N) is 1. The lowest BCUT2D eigenvalue weighted by molar-refractivity contribution is 0.0939. The fourth-order valence-corrected chi connectivity index (χ4v) is 2.02. The third kappa shape index (κ3) is 2.53. The Morgan fingerprint density at radius 2 is 2.33 bits per heavy atom. The zero-order valence-electron chi connectivity index (χ0n) is 9.77. The van der Waals surface area contributed by atoms with E-state index in [0.717, 1.165) is 5.56 Å². The number of nitrogens with two attached hydrogens (primary N) is 1. The zero-order valence-corrected chi connectivity index (χ0v) is 11.4. The average Bonchev–Trinajstić information content (AvgIpc) is 2.86. The molecular formula is C12H13BrN4O. The minimum absolute atomic E-state index is 0.121. The molecule has 1 aromatic heterocycles. The highest BCUT2D eigenvalue weighted by atomic mass is 79.9. The third-order valence-corrected chi connectivity index (χ3v) is 3.53. The van der Waals surface area contributed by atoms with E-state index in [2.05, 4.69) is 31.4 Å². The first kappa shape index (κ1) is 12.6. The van der Waals surface area contributed by atoms with Gasteiger partial charge in [0.25, 0.3) is 5.91 Å². The van der Waals surface area contributed by atoms with Crippen molar-refractivity contribution in [1.82, 2.24) is 15.5 Å². The number of aromatic amines is 1. The van der Waals surface area contributed by atoms with Crippen LogP contribution in [0.3, 0.4) is 0 Å². The predicted molar refractivity (Wildman–Crippen MR) is 73.0 cm³/mol. The topological polar surface area (TPSA) is 83.8 Å². The standard InChI is InChI=1S/C12H13BrN4O/c1-7(8-5-15-16-6-8)17-12(18)9-3-2-4-10(14)11(9)13/h2-7H,14H2,1H3,(H,15,16)(H,17,18). The van der Waals surface area contributed by atoms with Crippen molar-refractivity contribution in [3.05, 3.63) is 46.2 Å². The highest BCUT2D eigenvalue weighted by Gasteiger charge is 2.15. The first-order chi connectivity index (χ1) is 8.59. The number of rotatable bonds is 3. The number of nitrogen functional groups attached to an aromatic ring is 1. The van der Waals surface area contributed by atoms with Crippen molar-refractivity contribution in [2.24, 2.45) is 0 Å². The number of hydrogen-bond donors (Lipinski definition) is 3. The van der Waals surface area contributed by atoms with E-state index in [1.165, 1.54) is 0 Å². The summed E-state index contributed by atoms with van der Waals surface area (Å²) in [5.41, 5.74) is 7.72. The van der Waals surface area contributed by atoms with E-state index < -0.39 is 0 Å². The van der Waals surface area contributed by atoms with Crippen LogP contribution in [0, 0.1) is 0 Å². The third-order valence-electron chi connectivity index (χ3n) is 2.64. The van der Waals surface area contributed by atoms with Gasteiger partial charge in [-0.1, -0.05) is 6.07 Å². The van der Waals surface area contributed by atoms with E-state index in [1.807, 2.05) is 6.92 Å². The molecule has 5 nitrogen and oxygen atoms in total. The maximum Gasteiger partial charge on any atom is 0.252 e. The smallest absolute Gasteiger partial charge is 0.252 e. The molecule has 2 rings (SSSR count). The minimum atomic E-state index is -0.178. The van der Waals surface area contributed by atoms with Gasteiger partial charge in [-0.3, -0.25) is 9.89 Å². The van der Waals surface area contributed by atoms with Crippen LogP contribution in [0.2, 0.25) is 0 Å². The lowest BCUT2D eigenvalue weighted by Crippen LogP contribution is -2.26. The Labute approximate surface area is 113 Å². The van der Waals surface area contributed by atoms with Crippen LogP contribution in [0.4, 0.5) is 5.69 Å². The molecule has 4 N–H and O–H groups in total. The van der Waals surface area contributed by atoms with Crippen LogP contribution in [0.25, 0.3) is 0 Å². The molecule has 0 aliphatic rings. The Kier molecular flexibility index (Phi) is 3.66. The SMILES string of the molecule is CC(NC(=O)c1cccc(N)c1Br)c1cn[nH]c1. The van der Waals surface area contributed by atoms with Crippen molar-refractivity contribution in [2.75, 3.05) is 5.73 Å². The number of carbonyl (C=O) groups is 1. The van der Waals surface area contributed by atoms with Gasteiger partial charge in [0.1, 0.15) is 0 Å². The molecule has 1 heterocycles. The Hall–Kier alpha value is -1.82. The maximum absolute atomic E-state index is 12.1. The van der Waals surface area contributed by atoms with Crippen LogP contribution in [-0.4, -0.2) is 16.1 Å². The first-order valence-electron chi connectivity index (χ1n) is 5.43. The number of anilines is 1. The molecular weight excluding hydrogens is 296 g/mol. The monoisotopic (exact) mass is 308 g/mol. The fourth-order valence-electron chi connectivity index (χ4n) is 1.58. The minimum Gasteiger partial charge on any atom is -0.398 e. The average molecular weight is 309 g/mol. The van der Waals surface area contributed by atoms with E-state index in [1.54, 1.807) is 30.6 Å². The zero-order chi connectivity index (χ0) is 13.1. The largest absolute Gasteiger partial charge is 0.398 e. The van der Waals surface area contributed by atoms with Gasteiger partial charge in [0.2, 0.25) is 0 Å². The van der Waals surface area contributed by atoms with Gasteiger partial charge in [-0.25, -0.2) is 0 Å². The maximum atomic E-state index is 12.1. The molecule has 18 heavy (non-hydrogen) atoms. The molecule has 6 heteroatoms. The van der Waals surface area contributed by atoms with Crippen LogP contribution in [-0.2, 0) is 0 Å². The summed E-state index contributed by atoms with van der Waals surface area (Å²) in [6.07, 6.45) is 3.43. The van der Waals surface area contributed by atoms with Gasteiger partial charge in [-0.05, 0) is 35.0 Å². The molecule has 0 aliphatic carbocycles. The van der Waals surface area contributed by atoms with Crippen molar-refractivity contribution in [3.8, 4) is 0 Å². The second-order valence-corrected chi connectivity index (χ2v) is 4.73. The summed E-state index contributed by atoms with van der Waals surface area (Å²) in [7, 11) is 0. The van der Waals surface area contributed by atoms with E-state index >= 15 is 0 Å². The highest BCUT2D eigenvalue weighted by molar-refractivity contribution is 9.10. The lowest BCUT2D eigenvalue weighted by Gasteiger charge is -2.13. The molecule has 1 atom stereocenters. The van der Waals surface area contributed by atoms with Crippen molar-refractivity contribution in [1.29, 1.82) is 0 Å². The molecule has 0 aliphatic heterocycles. The number of amides is 1. The van der Waals surface area contributed by atoms with E-state index in [0.29, 0.717) is 15.7 Å². The van der Waals surface area contributed by atoms with Crippen LogP contribution in [0.1, 0.15) is 28.9 Å². The molecule has 0 saturated heterocycles. The number of halogens is 1. The summed E-state index contributed by atoms with van der Waals surface area (Å²) in [5.74, 6) is -0.178. The second-order valence-electron chi connectivity index (χ2n) is 3.94. The Bertz CT molecular complexity index is 553. The molecule has 0 spiro atoms. The summed E-state index contributed by atoms with van der Waals surface area (Å²) < 4.78 is 0.613. The summed E-state index contributed by atoms with van der Waals surface area (Å²) >= 11 is 3.32. The molecule has 0 saturated carbocycles. The number of hydrogen-bond acceptors (Lipinski definition) is 3. The van der Waals surface area contributed by atoms with E-state index in [4.69, 9.17) is 5.73 Å². The van der Waals surface area contributed by atoms with Crippen molar-refractivity contribution in [2.45, 2.75) is 13.0 Å². The Balaban J connectivity index is 2.15. The number of H-pyrrole nitrogens is 1. The van der Waals surface area contributed by atoms with E-state index in [9.17, 15) is 4.79 Å². The summed E-state index contributed by atoms with van der Waals surface area (Å²) in [6, 6.07) is 5.08. The highest BCUT2D eigenvalue weighted by Crippen LogP contribution is 2.24. The number of benzene rings is 1. The van der Waals surface area contributed by atoms with Crippen LogP contribution < -0.4 is 11.1 Å². The fraction of sp³-hybridized carbons (Fsp3) is 0.167. The molecule has 0 radical (unpaired) electrons. The lowest BCUT2D eigenvalue weighted by atomic mass is 10.1. The molecule has 0 bridgehead atoms. The summed E-state index contributed by atoms with van der Waals surface area (Å²) in [6.45, 7) is 1.89. The van der Waals surface area contributed by atoms with Gasteiger partial charge in [0, 0.05) is 17.4 Å². The van der Waals surface area contributed by atoms with Gasteiger partial charge >= 0.3 is 0 Å². The Morgan fingerprint density at radius 1 is 1.56 bits per heavy atom. The molecule has 1 aromatic carbocycles. The normalized spacial score (nSPS) is 12.1. The van der Waals surface area contributed by atoms with E-state index in [-0.39, 0.29) is 11.9 Å². The Morgan fingerprint density at radius 3 is 3.00 bits per heavy atom. The van der Waals surface area contributed by atoms with Crippen molar-refractivity contribution >= 4 is 27.5 Å². The number of nitrogens with one attached hydrogen (secondary N) is 2. The molecule has 1 unspecified atom stereocenters. The first-order valence-corrected chi connectivity index (χ1v) is 6.22. The summed E-state index contributed by atoms with van der Waals surface area (Å²) in [5, 5.41) is 9.45. The van der Waals surface area contributed by atoms with Gasteiger partial charge in [-0.15, -0.1) is 0 Å².